The Balaban J connectivity index is 1.27. The van der Waals surface area contributed by atoms with Gasteiger partial charge in [0.1, 0.15) is 6.10 Å². The summed E-state index contributed by atoms with van der Waals surface area (Å²) in [6.45, 7) is 3.35. The summed E-state index contributed by atoms with van der Waals surface area (Å²) in [7, 11) is 1.79. The number of likely N-dealkylation sites (N-methyl/N-ethyl adjacent to an activating group) is 1. The molecule has 3 aromatic rings. The lowest BCUT2D eigenvalue weighted by molar-refractivity contribution is -0.149. The van der Waals surface area contributed by atoms with E-state index in [1.165, 1.54) is 5.56 Å². The predicted molar refractivity (Wildman–Crippen MR) is 118 cm³/mol. The number of nitrogens with zero attached hydrogens (tertiary/aromatic N) is 3. The van der Waals surface area contributed by atoms with Gasteiger partial charge in [0, 0.05) is 37.9 Å². The zero-order valence-electron chi connectivity index (χ0n) is 17.2. The minimum atomic E-state index is -0.487. The second-order valence-corrected chi connectivity index (χ2v) is 8.53. The van der Waals surface area contributed by atoms with Gasteiger partial charge in [0.25, 0.3) is 11.8 Å². The Labute approximate surface area is 180 Å². The lowest BCUT2D eigenvalue weighted by atomic mass is 10.0. The number of hydrogen-bond acceptors (Lipinski definition) is 5. The number of pyridine rings is 1. The minimum absolute atomic E-state index is 0.00635. The Kier molecular flexibility index (Phi) is 6.11. The molecule has 0 saturated carbocycles. The summed E-state index contributed by atoms with van der Waals surface area (Å²) >= 11 is 1.57. The normalized spacial score (nSPS) is 15.1. The molecule has 0 N–H and O–H groups in total. The van der Waals surface area contributed by atoms with Gasteiger partial charge in [-0.3, -0.25) is 14.6 Å². The number of likely N-dealkylation sites (tertiary alicyclic amines) is 1. The molecule has 1 aliphatic heterocycles. The molecule has 1 unspecified atom stereocenters. The molecule has 6 nitrogen and oxygen atoms in total. The smallest absolute Gasteiger partial charge is 0.256 e. The molecule has 1 fully saturated rings. The average Bonchev–Trinajstić information content (AvgIpc) is 3.21. The second-order valence-electron chi connectivity index (χ2n) is 7.58. The Morgan fingerprint density at radius 2 is 2.00 bits per heavy atom. The summed E-state index contributed by atoms with van der Waals surface area (Å²) in [6.07, 6.45) is 3.69. The largest absolute Gasteiger partial charge is 0.368 e. The summed E-state index contributed by atoms with van der Waals surface area (Å²) < 4.78 is 6.74. The fourth-order valence-electron chi connectivity index (χ4n) is 3.63. The van der Waals surface area contributed by atoms with Crippen LogP contribution in [0.4, 0.5) is 0 Å². The first-order valence-electron chi connectivity index (χ1n) is 10.1. The number of amides is 2. The van der Waals surface area contributed by atoms with Gasteiger partial charge in [0.05, 0.1) is 22.9 Å². The highest BCUT2D eigenvalue weighted by Crippen LogP contribution is 2.25. The van der Waals surface area contributed by atoms with Crippen molar-refractivity contribution in [3.63, 3.8) is 0 Å². The SMILES string of the molecule is CC(OCCc1ccccc1)C(=O)N1CC(N(C)C(=O)c2cncc3sccc23)C1. The van der Waals surface area contributed by atoms with Gasteiger partial charge in [0.2, 0.25) is 0 Å². The van der Waals surface area contributed by atoms with E-state index in [9.17, 15) is 9.59 Å². The fourth-order valence-corrected chi connectivity index (χ4v) is 4.40. The molecule has 2 aromatic heterocycles. The number of benzene rings is 1. The highest BCUT2D eigenvalue weighted by molar-refractivity contribution is 7.17. The van der Waals surface area contributed by atoms with E-state index < -0.39 is 6.10 Å². The maximum Gasteiger partial charge on any atom is 0.256 e. The quantitative estimate of drug-likeness (QED) is 0.585. The van der Waals surface area contributed by atoms with E-state index in [1.54, 1.807) is 47.5 Å². The van der Waals surface area contributed by atoms with Crippen molar-refractivity contribution in [2.45, 2.75) is 25.5 Å². The lowest BCUT2D eigenvalue weighted by Gasteiger charge is -2.44. The van der Waals surface area contributed by atoms with E-state index in [1.807, 2.05) is 29.6 Å². The molecule has 4 rings (SSSR count). The third kappa shape index (κ3) is 4.22. The van der Waals surface area contributed by atoms with Crippen molar-refractivity contribution in [2.24, 2.45) is 0 Å². The molecule has 7 heteroatoms. The van der Waals surface area contributed by atoms with Crippen LogP contribution in [-0.4, -0.2) is 65.5 Å². The van der Waals surface area contributed by atoms with Gasteiger partial charge >= 0.3 is 0 Å². The first-order valence-corrected chi connectivity index (χ1v) is 10.9. The maximum atomic E-state index is 12.9. The summed E-state index contributed by atoms with van der Waals surface area (Å²) in [5.41, 5.74) is 1.80. The van der Waals surface area contributed by atoms with Crippen molar-refractivity contribution in [3.8, 4) is 0 Å². The topological polar surface area (TPSA) is 62.7 Å². The minimum Gasteiger partial charge on any atom is -0.368 e. The van der Waals surface area contributed by atoms with E-state index in [4.69, 9.17) is 4.74 Å². The number of carbonyl (C=O) groups is 2. The van der Waals surface area contributed by atoms with Crippen molar-refractivity contribution >= 4 is 33.2 Å². The van der Waals surface area contributed by atoms with Gasteiger partial charge in [-0.05, 0) is 30.4 Å². The molecule has 0 aliphatic carbocycles. The molecule has 1 atom stereocenters. The van der Waals surface area contributed by atoms with E-state index in [0.717, 1.165) is 16.5 Å². The third-order valence-electron chi connectivity index (χ3n) is 5.60. The molecular weight excluding hydrogens is 398 g/mol. The molecule has 0 spiro atoms. The first kappa shape index (κ1) is 20.5. The van der Waals surface area contributed by atoms with Crippen LogP contribution in [0.25, 0.3) is 10.1 Å². The highest BCUT2D eigenvalue weighted by Gasteiger charge is 2.37. The zero-order chi connectivity index (χ0) is 21.1. The Hall–Kier alpha value is -2.77. The molecule has 1 aromatic carbocycles. The van der Waals surface area contributed by atoms with Gasteiger partial charge in [-0.25, -0.2) is 0 Å². The van der Waals surface area contributed by atoms with Crippen LogP contribution in [0.5, 0.6) is 0 Å². The van der Waals surface area contributed by atoms with Crippen molar-refractivity contribution in [1.29, 1.82) is 0 Å². The number of ether oxygens (including phenoxy) is 1. The zero-order valence-corrected chi connectivity index (χ0v) is 18.0. The second kappa shape index (κ2) is 8.93. The Morgan fingerprint density at radius 1 is 1.23 bits per heavy atom. The van der Waals surface area contributed by atoms with Crippen LogP contribution in [0, 0.1) is 0 Å². The molecule has 30 heavy (non-hydrogen) atoms. The van der Waals surface area contributed by atoms with E-state index in [0.29, 0.717) is 25.3 Å². The van der Waals surface area contributed by atoms with Crippen LogP contribution >= 0.6 is 11.3 Å². The van der Waals surface area contributed by atoms with E-state index in [-0.39, 0.29) is 17.9 Å². The Bertz CT molecular complexity index is 1030. The highest BCUT2D eigenvalue weighted by atomic mass is 32.1. The number of rotatable bonds is 7. The third-order valence-corrected chi connectivity index (χ3v) is 6.45. The first-order chi connectivity index (χ1) is 14.5. The monoisotopic (exact) mass is 423 g/mol. The molecule has 1 aliphatic rings. The van der Waals surface area contributed by atoms with Crippen LogP contribution in [0.2, 0.25) is 0 Å². The molecule has 0 bridgehead atoms. The summed E-state index contributed by atoms with van der Waals surface area (Å²) in [6, 6.07) is 12.0. The maximum absolute atomic E-state index is 12.9. The molecule has 1 saturated heterocycles. The number of aromatic nitrogens is 1. The summed E-state index contributed by atoms with van der Waals surface area (Å²) in [5, 5.41) is 2.89. The van der Waals surface area contributed by atoms with Gasteiger partial charge in [0.15, 0.2) is 0 Å². The van der Waals surface area contributed by atoms with Crippen LogP contribution < -0.4 is 0 Å². The standard InChI is InChI=1S/C23H25N3O3S/c1-16(29-10-8-17-6-4-3-5-7-17)22(27)26-14-18(15-26)25(2)23(28)20-12-24-13-21-19(20)9-11-30-21/h3-7,9,11-13,16,18H,8,10,14-15H2,1-2H3. The molecule has 0 radical (unpaired) electrons. The Morgan fingerprint density at radius 3 is 2.77 bits per heavy atom. The van der Waals surface area contributed by atoms with Gasteiger partial charge in [-0.15, -0.1) is 11.3 Å². The number of carbonyl (C=O) groups excluding carboxylic acids is 2. The molecule has 2 amide bonds. The van der Waals surface area contributed by atoms with Crippen LogP contribution in [-0.2, 0) is 16.0 Å². The molecular formula is C23H25N3O3S. The van der Waals surface area contributed by atoms with Crippen molar-refractivity contribution < 1.29 is 14.3 Å². The molecule has 156 valence electrons. The van der Waals surface area contributed by atoms with Crippen molar-refractivity contribution in [3.05, 3.63) is 65.3 Å². The van der Waals surface area contributed by atoms with Crippen LogP contribution in [0.1, 0.15) is 22.8 Å². The number of thiophene rings is 1. The van der Waals surface area contributed by atoms with Crippen LogP contribution in [0.15, 0.2) is 54.2 Å². The number of hydrogen-bond donors (Lipinski definition) is 0. The van der Waals surface area contributed by atoms with Gasteiger partial charge in [-0.2, -0.15) is 0 Å². The molecule has 3 heterocycles. The average molecular weight is 424 g/mol. The van der Waals surface area contributed by atoms with Gasteiger partial charge < -0.3 is 14.5 Å². The van der Waals surface area contributed by atoms with Crippen molar-refractivity contribution in [1.82, 2.24) is 14.8 Å². The number of fused-ring (bicyclic) bond motifs is 1. The van der Waals surface area contributed by atoms with Crippen molar-refractivity contribution in [2.75, 3.05) is 26.7 Å². The van der Waals surface area contributed by atoms with Gasteiger partial charge in [-0.1, -0.05) is 30.3 Å². The van der Waals surface area contributed by atoms with Crippen LogP contribution in [0.3, 0.4) is 0 Å². The fraction of sp³-hybridized carbons (Fsp3) is 0.348. The lowest BCUT2D eigenvalue weighted by Crippen LogP contribution is -2.62. The van der Waals surface area contributed by atoms with E-state index >= 15 is 0 Å². The predicted octanol–water partition coefficient (Wildman–Crippen LogP) is 3.23. The summed E-state index contributed by atoms with van der Waals surface area (Å²) in [5.74, 6) is -0.0856. The van der Waals surface area contributed by atoms with E-state index in [2.05, 4.69) is 17.1 Å². The summed E-state index contributed by atoms with van der Waals surface area (Å²) in [4.78, 5) is 33.2.